The topological polar surface area (TPSA) is 60.7 Å². The first kappa shape index (κ1) is 11.5. The second kappa shape index (κ2) is 4.28. The average Bonchev–Trinajstić information content (AvgIpc) is 2.80. The molecule has 3 aromatic rings. The third-order valence-electron chi connectivity index (χ3n) is 3.09. The van der Waals surface area contributed by atoms with Gasteiger partial charge in [-0.25, -0.2) is 15.0 Å². The van der Waals surface area contributed by atoms with Gasteiger partial charge in [-0.15, -0.1) is 0 Å². The van der Waals surface area contributed by atoms with Gasteiger partial charge in [0.2, 0.25) is 0 Å². The molecule has 94 valence electrons. The summed E-state index contributed by atoms with van der Waals surface area (Å²) in [4.78, 5) is 24.0. The molecule has 0 atom stereocenters. The zero-order valence-electron chi connectivity index (χ0n) is 10.7. The van der Waals surface area contributed by atoms with Crippen molar-refractivity contribution in [3.05, 3.63) is 42.7 Å². The number of ketones is 1. The predicted molar refractivity (Wildman–Crippen MR) is 71.7 cm³/mol. The Morgan fingerprint density at radius 1 is 1.21 bits per heavy atom. The number of benzene rings is 1. The Balaban J connectivity index is 2.38. The summed E-state index contributed by atoms with van der Waals surface area (Å²) < 4.78 is 1.93. The van der Waals surface area contributed by atoms with Gasteiger partial charge >= 0.3 is 0 Å². The molecule has 0 unspecified atom stereocenters. The minimum absolute atomic E-state index is 0.0191. The molecule has 2 heterocycles. The van der Waals surface area contributed by atoms with Gasteiger partial charge in [0, 0.05) is 36.1 Å². The van der Waals surface area contributed by atoms with E-state index in [1.165, 1.54) is 6.33 Å². The highest BCUT2D eigenvalue weighted by Crippen LogP contribution is 2.28. The fourth-order valence-electron chi connectivity index (χ4n) is 2.16. The van der Waals surface area contributed by atoms with Crippen LogP contribution in [0.25, 0.3) is 22.2 Å². The Kier molecular flexibility index (Phi) is 2.59. The Hall–Kier alpha value is -2.56. The van der Waals surface area contributed by atoms with Gasteiger partial charge in [-0.2, -0.15) is 0 Å². The fraction of sp³-hybridized carbons (Fsp3) is 0.143. The largest absolute Gasteiger partial charge is 0.333 e. The molecule has 0 amide bonds. The lowest BCUT2D eigenvalue weighted by Crippen LogP contribution is -1.96. The second-order valence-electron chi connectivity index (χ2n) is 4.43. The number of imidazole rings is 1. The van der Waals surface area contributed by atoms with Crippen molar-refractivity contribution in [2.45, 2.75) is 6.92 Å². The van der Waals surface area contributed by atoms with Crippen molar-refractivity contribution in [3.63, 3.8) is 0 Å². The highest BCUT2D eigenvalue weighted by Gasteiger charge is 2.12. The Bertz CT molecular complexity index is 762. The SMILES string of the molecule is CC(=O)c1cc(-c2cncnc2)c2c(c1)ncn2C. The molecule has 0 bridgehead atoms. The average molecular weight is 252 g/mol. The number of hydrogen-bond acceptors (Lipinski definition) is 4. The molecule has 0 N–H and O–H groups in total. The molecule has 0 fully saturated rings. The third kappa shape index (κ3) is 1.89. The van der Waals surface area contributed by atoms with Crippen LogP contribution in [0.2, 0.25) is 0 Å². The zero-order chi connectivity index (χ0) is 13.4. The highest BCUT2D eigenvalue weighted by molar-refractivity contribution is 6.02. The molecule has 1 aromatic carbocycles. The first-order valence-electron chi connectivity index (χ1n) is 5.88. The number of carbonyl (C=O) groups is 1. The highest BCUT2D eigenvalue weighted by atomic mass is 16.1. The van der Waals surface area contributed by atoms with Gasteiger partial charge in [0.1, 0.15) is 6.33 Å². The molecule has 5 heteroatoms. The van der Waals surface area contributed by atoms with Crippen molar-refractivity contribution < 1.29 is 4.79 Å². The van der Waals surface area contributed by atoms with E-state index >= 15 is 0 Å². The lowest BCUT2D eigenvalue weighted by atomic mass is 10.0. The first-order chi connectivity index (χ1) is 9.16. The molecule has 0 aliphatic heterocycles. The number of hydrogen-bond donors (Lipinski definition) is 0. The number of aryl methyl sites for hydroxylation is 1. The van der Waals surface area contributed by atoms with Crippen molar-refractivity contribution >= 4 is 16.8 Å². The molecule has 0 spiro atoms. The van der Waals surface area contributed by atoms with E-state index in [1.54, 1.807) is 25.6 Å². The Morgan fingerprint density at radius 2 is 1.95 bits per heavy atom. The van der Waals surface area contributed by atoms with Crippen LogP contribution in [0.5, 0.6) is 0 Å². The summed E-state index contributed by atoms with van der Waals surface area (Å²) in [5, 5.41) is 0. The molecule has 3 rings (SSSR count). The van der Waals surface area contributed by atoms with Crippen LogP contribution < -0.4 is 0 Å². The van der Waals surface area contributed by atoms with Crippen LogP contribution in [-0.4, -0.2) is 25.3 Å². The van der Waals surface area contributed by atoms with Crippen LogP contribution in [0.4, 0.5) is 0 Å². The van der Waals surface area contributed by atoms with E-state index in [4.69, 9.17) is 0 Å². The normalized spacial score (nSPS) is 10.8. The standard InChI is InChI=1S/C14H12N4O/c1-9(19)10-3-12(11-5-15-7-16-6-11)14-13(4-10)17-8-18(14)2/h3-8H,1-2H3. The molecule has 0 saturated heterocycles. The molecule has 5 nitrogen and oxygen atoms in total. The first-order valence-corrected chi connectivity index (χ1v) is 5.88. The van der Waals surface area contributed by atoms with Gasteiger partial charge in [0.25, 0.3) is 0 Å². The summed E-state index contributed by atoms with van der Waals surface area (Å²) in [5.74, 6) is 0.0191. The van der Waals surface area contributed by atoms with E-state index in [2.05, 4.69) is 15.0 Å². The molecule has 0 radical (unpaired) electrons. The Labute approximate surface area is 110 Å². The molecule has 0 aliphatic rings. The summed E-state index contributed by atoms with van der Waals surface area (Å²) in [6.07, 6.45) is 6.69. The van der Waals surface area contributed by atoms with Crippen LogP contribution >= 0.6 is 0 Å². The van der Waals surface area contributed by atoms with Crippen LogP contribution in [-0.2, 0) is 7.05 Å². The molecular formula is C14H12N4O. The Morgan fingerprint density at radius 3 is 2.63 bits per heavy atom. The third-order valence-corrected chi connectivity index (χ3v) is 3.09. The lowest BCUT2D eigenvalue weighted by Gasteiger charge is -2.07. The number of nitrogens with zero attached hydrogens (tertiary/aromatic N) is 4. The minimum Gasteiger partial charge on any atom is -0.333 e. The van der Waals surface area contributed by atoms with Gasteiger partial charge in [0.15, 0.2) is 5.78 Å². The van der Waals surface area contributed by atoms with E-state index in [0.29, 0.717) is 5.56 Å². The number of Topliss-reactive ketones (excluding diaryl/α,β-unsaturated/α-hetero) is 1. The monoisotopic (exact) mass is 252 g/mol. The molecule has 0 saturated carbocycles. The van der Waals surface area contributed by atoms with Crippen molar-refractivity contribution in [3.8, 4) is 11.1 Å². The second-order valence-corrected chi connectivity index (χ2v) is 4.43. The van der Waals surface area contributed by atoms with Crippen LogP contribution in [0.3, 0.4) is 0 Å². The van der Waals surface area contributed by atoms with Crippen LogP contribution in [0, 0.1) is 0 Å². The summed E-state index contributed by atoms with van der Waals surface area (Å²) in [7, 11) is 1.93. The summed E-state index contributed by atoms with van der Waals surface area (Å²) >= 11 is 0. The molecule has 19 heavy (non-hydrogen) atoms. The van der Waals surface area contributed by atoms with E-state index < -0.39 is 0 Å². The number of carbonyl (C=O) groups excluding carboxylic acids is 1. The zero-order valence-corrected chi connectivity index (χ0v) is 10.7. The molecule has 2 aromatic heterocycles. The van der Waals surface area contributed by atoms with Crippen LogP contribution in [0.1, 0.15) is 17.3 Å². The summed E-state index contributed by atoms with van der Waals surface area (Å²) in [5.41, 5.74) is 4.21. The smallest absolute Gasteiger partial charge is 0.159 e. The summed E-state index contributed by atoms with van der Waals surface area (Å²) in [6, 6.07) is 3.68. The lowest BCUT2D eigenvalue weighted by molar-refractivity contribution is 0.101. The maximum Gasteiger partial charge on any atom is 0.159 e. The quantitative estimate of drug-likeness (QED) is 0.656. The fourth-order valence-corrected chi connectivity index (χ4v) is 2.16. The van der Waals surface area contributed by atoms with Gasteiger partial charge in [-0.1, -0.05) is 0 Å². The van der Waals surface area contributed by atoms with Gasteiger partial charge in [0.05, 0.1) is 17.4 Å². The van der Waals surface area contributed by atoms with Crippen molar-refractivity contribution in [2.24, 2.45) is 7.05 Å². The summed E-state index contributed by atoms with van der Waals surface area (Å²) in [6.45, 7) is 1.55. The van der Waals surface area contributed by atoms with E-state index in [9.17, 15) is 4.79 Å². The van der Waals surface area contributed by atoms with Crippen LogP contribution in [0.15, 0.2) is 37.2 Å². The number of rotatable bonds is 2. The van der Waals surface area contributed by atoms with Gasteiger partial charge in [-0.3, -0.25) is 4.79 Å². The molecular weight excluding hydrogens is 240 g/mol. The van der Waals surface area contributed by atoms with Gasteiger partial charge in [-0.05, 0) is 19.1 Å². The van der Waals surface area contributed by atoms with Crippen molar-refractivity contribution in [1.29, 1.82) is 0 Å². The van der Waals surface area contributed by atoms with E-state index in [-0.39, 0.29) is 5.78 Å². The van der Waals surface area contributed by atoms with Crippen molar-refractivity contribution in [1.82, 2.24) is 19.5 Å². The number of fused-ring (bicyclic) bond motifs is 1. The number of aromatic nitrogens is 4. The van der Waals surface area contributed by atoms with E-state index in [0.717, 1.165) is 22.2 Å². The predicted octanol–water partition coefficient (Wildman–Crippen LogP) is 2.23. The maximum absolute atomic E-state index is 11.6. The molecule has 0 aliphatic carbocycles. The van der Waals surface area contributed by atoms with Crippen molar-refractivity contribution in [2.75, 3.05) is 0 Å². The maximum atomic E-state index is 11.6. The minimum atomic E-state index is 0.0191. The van der Waals surface area contributed by atoms with Gasteiger partial charge < -0.3 is 4.57 Å². The van der Waals surface area contributed by atoms with E-state index in [1.807, 2.05) is 23.7 Å².